The molecule has 5 nitrogen and oxygen atoms in total. The van der Waals surface area contributed by atoms with Crippen molar-refractivity contribution < 1.29 is 4.74 Å². The summed E-state index contributed by atoms with van der Waals surface area (Å²) in [6.07, 6.45) is 6.01. The van der Waals surface area contributed by atoms with Gasteiger partial charge in [0.05, 0.1) is 24.0 Å². The second-order valence-electron chi connectivity index (χ2n) is 4.64. The summed E-state index contributed by atoms with van der Waals surface area (Å²) >= 11 is 0. The molecule has 0 atom stereocenters. The van der Waals surface area contributed by atoms with Gasteiger partial charge in [-0.2, -0.15) is 0 Å². The van der Waals surface area contributed by atoms with E-state index in [0.717, 1.165) is 25.3 Å². The maximum atomic E-state index is 5.18. The summed E-state index contributed by atoms with van der Waals surface area (Å²) in [5.74, 6) is 0. The van der Waals surface area contributed by atoms with Crippen LogP contribution in [-0.4, -0.2) is 35.8 Å². The summed E-state index contributed by atoms with van der Waals surface area (Å²) in [5.41, 5.74) is 2.31. The van der Waals surface area contributed by atoms with Gasteiger partial charge in [-0.05, 0) is 19.9 Å². The van der Waals surface area contributed by atoms with Gasteiger partial charge in [0.1, 0.15) is 0 Å². The van der Waals surface area contributed by atoms with Crippen molar-refractivity contribution in [3.05, 3.63) is 11.4 Å². The SMILES string of the molecule is CNCc1nnn(C2CCCC2)c1CCOC. The third kappa shape index (κ3) is 2.84. The van der Waals surface area contributed by atoms with Gasteiger partial charge in [0.15, 0.2) is 0 Å². The Balaban J connectivity index is 2.17. The fourth-order valence-electron chi connectivity index (χ4n) is 2.55. The van der Waals surface area contributed by atoms with E-state index in [0.29, 0.717) is 6.04 Å². The van der Waals surface area contributed by atoms with E-state index in [2.05, 4.69) is 20.3 Å². The monoisotopic (exact) mass is 238 g/mol. The van der Waals surface area contributed by atoms with Crippen LogP contribution in [0.5, 0.6) is 0 Å². The number of methoxy groups -OCH3 is 1. The van der Waals surface area contributed by atoms with Crippen LogP contribution in [0.4, 0.5) is 0 Å². The van der Waals surface area contributed by atoms with E-state index in [9.17, 15) is 0 Å². The van der Waals surface area contributed by atoms with Crippen molar-refractivity contribution in [1.82, 2.24) is 20.3 Å². The molecule has 5 heteroatoms. The van der Waals surface area contributed by atoms with Gasteiger partial charge in [0.25, 0.3) is 0 Å². The van der Waals surface area contributed by atoms with Crippen LogP contribution < -0.4 is 5.32 Å². The van der Waals surface area contributed by atoms with Crippen molar-refractivity contribution in [3.63, 3.8) is 0 Å². The number of nitrogens with one attached hydrogen (secondary N) is 1. The molecule has 1 aliphatic carbocycles. The average molecular weight is 238 g/mol. The summed E-state index contributed by atoms with van der Waals surface area (Å²) in [5, 5.41) is 11.8. The highest BCUT2D eigenvalue weighted by molar-refractivity contribution is 5.11. The molecule has 96 valence electrons. The molecule has 1 saturated carbocycles. The normalized spacial score (nSPS) is 16.8. The van der Waals surface area contributed by atoms with Crippen LogP contribution in [0.15, 0.2) is 0 Å². The predicted octanol–water partition coefficient (Wildman–Crippen LogP) is 1.30. The van der Waals surface area contributed by atoms with Crippen molar-refractivity contribution in [3.8, 4) is 0 Å². The second kappa shape index (κ2) is 6.12. The minimum Gasteiger partial charge on any atom is -0.384 e. The lowest BCUT2D eigenvalue weighted by molar-refractivity contribution is 0.199. The summed E-state index contributed by atoms with van der Waals surface area (Å²) in [6.45, 7) is 1.52. The highest BCUT2D eigenvalue weighted by Crippen LogP contribution is 2.30. The summed E-state index contributed by atoms with van der Waals surface area (Å²) in [4.78, 5) is 0. The quantitative estimate of drug-likeness (QED) is 0.811. The van der Waals surface area contributed by atoms with Gasteiger partial charge in [-0.25, -0.2) is 4.68 Å². The van der Waals surface area contributed by atoms with E-state index < -0.39 is 0 Å². The molecule has 0 radical (unpaired) electrons. The van der Waals surface area contributed by atoms with Crippen LogP contribution in [0, 0.1) is 0 Å². The molecule has 1 fully saturated rings. The standard InChI is InChI=1S/C12H22N4O/c1-13-9-11-12(7-8-17-2)16(15-14-11)10-5-3-4-6-10/h10,13H,3-9H2,1-2H3. The molecule has 0 spiro atoms. The first kappa shape index (κ1) is 12.5. The smallest absolute Gasteiger partial charge is 0.0997 e. The number of nitrogens with zero attached hydrogens (tertiary/aromatic N) is 3. The molecular formula is C12H22N4O. The molecule has 1 aromatic heterocycles. The Morgan fingerprint density at radius 2 is 2.18 bits per heavy atom. The summed E-state index contributed by atoms with van der Waals surface area (Å²) < 4.78 is 7.31. The molecular weight excluding hydrogens is 216 g/mol. The van der Waals surface area contributed by atoms with Gasteiger partial charge < -0.3 is 10.1 Å². The van der Waals surface area contributed by atoms with Gasteiger partial charge in [0, 0.05) is 20.1 Å². The molecule has 0 saturated heterocycles. The van der Waals surface area contributed by atoms with Crippen molar-refractivity contribution in [2.75, 3.05) is 20.8 Å². The van der Waals surface area contributed by atoms with E-state index in [1.54, 1.807) is 7.11 Å². The lowest BCUT2D eigenvalue weighted by Gasteiger charge is -2.13. The summed E-state index contributed by atoms with van der Waals surface area (Å²) in [7, 11) is 3.68. The van der Waals surface area contributed by atoms with Gasteiger partial charge in [-0.1, -0.05) is 18.1 Å². The minimum atomic E-state index is 0.556. The molecule has 0 aromatic carbocycles. The lowest BCUT2D eigenvalue weighted by atomic mass is 10.2. The third-order valence-corrected chi connectivity index (χ3v) is 3.43. The highest BCUT2D eigenvalue weighted by atomic mass is 16.5. The Morgan fingerprint density at radius 1 is 1.41 bits per heavy atom. The zero-order valence-electron chi connectivity index (χ0n) is 10.8. The van der Waals surface area contributed by atoms with Crippen molar-refractivity contribution >= 4 is 0 Å². The van der Waals surface area contributed by atoms with Crippen LogP contribution >= 0.6 is 0 Å². The van der Waals surface area contributed by atoms with Crippen LogP contribution in [0.1, 0.15) is 43.1 Å². The van der Waals surface area contributed by atoms with Gasteiger partial charge >= 0.3 is 0 Å². The average Bonchev–Trinajstić information content (AvgIpc) is 2.95. The zero-order chi connectivity index (χ0) is 12.1. The van der Waals surface area contributed by atoms with Crippen LogP contribution in [-0.2, 0) is 17.7 Å². The van der Waals surface area contributed by atoms with E-state index >= 15 is 0 Å². The van der Waals surface area contributed by atoms with E-state index in [-0.39, 0.29) is 0 Å². The van der Waals surface area contributed by atoms with Gasteiger partial charge in [0.2, 0.25) is 0 Å². The van der Waals surface area contributed by atoms with E-state index in [4.69, 9.17) is 4.74 Å². The Hall–Kier alpha value is -0.940. The maximum Gasteiger partial charge on any atom is 0.0997 e. The highest BCUT2D eigenvalue weighted by Gasteiger charge is 2.22. The minimum absolute atomic E-state index is 0.556. The molecule has 1 aromatic rings. The number of hydrogen-bond donors (Lipinski definition) is 1. The Labute approximate surface area is 103 Å². The van der Waals surface area contributed by atoms with Crippen molar-refractivity contribution in [2.24, 2.45) is 0 Å². The van der Waals surface area contributed by atoms with Crippen molar-refractivity contribution in [2.45, 2.75) is 44.7 Å². The first-order valence-electron chi connectivity index (χ1n) is 6.43. The number of hydrogen-bond acceptors (Lipinski definition) is 4. The van der Waals surface area contributed by atoms with E-state index in [1.807, 2.05) is 7.05 Å². The molecule has 0 bridgehead atoms. The second-order valence-corrected chi connectivity index (χ2v) is 4.64. The first-order valence-corrected chi connectivity index (χ1v) is 6.43. The Kier molecular flexibility index (Phi) is 4.50. The Bertz CT molecular complexity index is 344. The third-order valence-electron chi connectivity index (χ3n) is 3.43. The summed E-state index contributed by atoms with van der Waals surface area (Å²) in [6, 6.07) is 0.556. The predicted molar refractivity (Wildman–Crippen MR) is 65.9 cm³/mol. The molecule has 0 amide bonds. The maximum absolute atomic E-state index is 5.18. The fraction of sp³-hybridized carbons (Fsp3) is 0.833. The molecule has 0 aliphatic heterocycles. The molecule has 1 aliphatic rings. The number of ether oxygens (including phenoxy) is 1. The lowest BCUT2D eigenvalue weighted by Crippen LogP contribution is -2.15. The van der Waals surface area contributed by atoms with Crippen LogP contribution in [0.2, 0.25) is 0 Å². The topological polar surface area (TPSA) is 52.0 Å². The molecule has 1 heterocycles. The first-order chi connectivity index (χ1) is 8.36. The molecule has 0 unspecified atom stereocenters. The molecule has 17 heavy (non-hydrogen) atoms. The number of rotatable bonds is 6. The Morgan fingerprint density at radius 3 is 2.82 bits per heavy atom. The molecule has 1 N–H and O–H groups in total. The zero-order valence-corrected chi connectivity index (χ0v) is 10.8. The van der Waals surface area contributed by atoms with E-state index in [1.165, 1.54) is 31.4 Å². The van der Waals surface area contributed by atoms with Crippen LogP contribution in [0.3, 0.4) is 0 Å². The van der Waals surface area contributed by atoms with Gasteiger partial charge in [-0.3, -0.25) is 0 Å². The van der Waals surface area contributed by atoms with Crippen molar-refractivity contribution in [1.29, 1.82) is 0 Å². The molecule has 2 rings (SSSR count). The van der Waals surface area contributed by atoms with Gasteiger partial charge in [-0.15, -0.1) is 5.10 Å². The number of aromatic nitrogens is 3. The largest absolute Gasteiger partial charge is 0.384 e. The fourth-order valence-corrected chi connectivity index (χ4v) is 2.55. The van der Waals surface area contributed by atoms with Crippen LogP contribution in [0.25, 0.3) is 0 Å².